The number of aromatic nitrogens is 1. The molecule has 2 amide bonds. The summed E-state index contributed by atoms with van der Waals surface area (Å²) in [5.41, 5.74) is 1.34. The van der Waals surface area contributed by atoms with Crippen LogP contribution in [0.5, 0.6) is 0 Å². The number of pyridine rings is 1. The Labute approximate surface area is 178 Å². The van der Waals surface area contributed by atoms with Crippen molar-refractivity contribution < 1.29 is 23.1 Å². The number of carbonyl (C=O) groups excluding carboxylic acids is 2. The predicted molar refractivity (Wildman–Crippen MR) is 112 cm³/mol. The van der Waals surface area contributed by atoms with Gasteiger partial charge in [0.25, 0.3) is 11.8 Å². The van der Waals surface area contributed by atoms with Crippen molar-refractivity contribution in [1.29, 1.82) is 0 Å². The van der Waals surface area contributed by atoms with Crippen LogP contribution in [0, 0.1) is 5.82 Å². The van der Waals surface area contributed by atoms with Crippen LogP contribution in [0.3, 0.4) is 0 Å². The normalized spacial score (nSPS) is 13.6. The second-order valence-electron chi connectivity index (χ2n) is 6.92. The van der Waals surface area contributed by atoms with E-state index in [2.05, 4.69) is 20.5 Å². The molecule has 0 saturated carbocycles. The summed E-state index contributed by atoms with van der Waals surface area (Å²) in [6.07, 6.45) is 4.33. The van der Waals surface area contributed by atoms with Crippen LogP contribution in [0.15, 0.2) is 59.5 Å². The highest BCUT2D eigenvalue weighted by Crippen LogP contribution is 2.21. The van der Waals surface area contributed by atoms with Gasteiger partial charge in [-0.3, -0.25) is 9.59 Å². The molecule has 1 aliphatic rings. The molecule has 2 aromatic heterocycles. The first-order valence-corrected chi connectivity index (χ1v) is 9.80. The van der Waals surface area contributed by atoms with Crippen LogP contribution in [-0.4, -0.2) is 43.1 Å². The third kappa shape index (κ3) is 4.89. The van der Waals surface area contributed by atoms with Gasteiger partial charge in [-0.2, -0.15) is 0 Å². The molecule has 4 rings (SSSR count). The smallest absolute Gasteiger partial charge is 0.258 e. The van der Waals surface area contributed by atoms with Gasteiger partial charge in [-0.05, 0) is 30.3 Å². The summed E-state index contributed by atoms with van der Waals surface area (Å²) in [5.74, 6) is -0.728. The maximum Gasteiger partial charge on any atom is 0.258 e. The summed E-state index contributed by atoms with van der Waals surface area (Å²) in [6.45, 7) is 2.92. The topological polar surface area (TPSA) is 96.7 Å². The summed E-state index contributed by atoms with van der Waals surface area (Å²) in [5, 5.41) is 5.40. The van der Waals surface area contributed by atoms with Gasteiger partial charge in [-0.25, -0.2) is 9.37 Å². The van der Waals surface area contributed by atoms with E-state index in [0.29, 0.717) is 13.2 Å². The summed E-state index contributed by atoms with van der Waals surface area (Å²) < 4.78 is 24.1. The lowest BCUT2D eigenvalue weighted by molar-refractivity contribution is 0.0951. The van der Waals surface area contributed by atoms with Crippen molar-refractivity contribution in [3.8, 4) is 0 Å². The SMILES string of the molecule is O=C(Nc1cc(F)ccc1C(=O)NCc1cccnc1N1CCOCC1)c1ccoc1. The van der Waals surface area contributed by atoms with Crippen LogP contribution in [0.25, 0.3) is 0 Å². The molecule has 1 fully saturated rings. The summed E-state index contributed by atoms with van der Waals surface area (Å²) >= 11 is 0. The first-order valence-electron chi connectivity index (χ1n) is 9.80. The number of hydrogen-bond donors (Lipinski definition) is 2. The number of amides is 2. The van der Waals surface area contributed by atoms with E-state index in [0.717, 1.165) is 30.5 Å². The number of morpholine rings is 1. The van der Waals surface area contributed by atoms with Gasteiger partial charge in [0.15, 0.2) is 0 Å². The Balaban J connectivity index is 1.49. The molecule has 0 bridgehead atoms. The third-order valence-electron chi connectivity index (χ3n) is 4.88. The van der Waals surface area contributed by atoms with Gasteiger partial charge >= 0.3 is 0 Å². The molecule has 3 heterocycles. The summed E-state index contributed by atoms with van der Waals surface area (Å²) in [7, 11) is 0. The van der Waals surface area contributed by atoms with Crippen molar-refractivity contribution in [2.75, 3.05) is 36.5 Å². The van der Waals surface area contributed by atoms with E-state index in [1.807, 2.05) is 6.07 Å². The van der Waals surface area contributed by atoms with E-state index in [4.69, 9.17) is 9.15 Å². The van der Waals surface area contributed by atoms with Crippen LogP contribution >= 0.6 is 0 Å². The van der Waals surface area contributed by atoms with Gasteiger partial charge in [-0.15, -0.1) is 0 Å². The molecule has 3 aromatic rings. The Hall–Kier alpha value is -3.72. The van der Waals surface area contributed by atoms with Gasteiger partial charge in [0, 0.05) is 31.4 Å². The van der Waals surface area contributed by atoms with E-state index >= 15 is 0 Å². The van der Waals surface area contributed by atoms with Crippen molar-refractivity contribution in [3.63, 3.8) is 0 Å². The number of furan rings is 1. The molecular formula is C22H21FN4O4. The first kappa shape index (κ1) is 20.5. The molecule has 31 heavy (non-hydrogen) atoms. The summed E-state index contributed by atoms with van der Waals surface area (Å²) in [6, 6.07) is 8.79. The number of carbonyl (C=O) groups is 2. The molecule has 160 valence electrons. The monoisotopic (exact) mass is 424 g/mol. The van der Waals surface area contributed by atoms with Crippen LogP contribution < -0.4 is 15.5 Å². The highest BCUT2D eigenvalue weighted by Gasteiger charge is 2.19. The van der Waals surface area contributed by atoms with Crippen molar-refractivity contribution in [2.45, 2.75) is 6.54 Å². The Morgan fingerprint density at radius 2 is 1.97 bits per heavy atom. The molecule has 8 nitrogen and oxygen atoms in total. The van der Waals surface area contributed by atoms with Crippen LogP contribution in [0.2, 0.25) is 0 Å². The van der Waals surface area contributed by atoms with E-state index in [9.17, 15) is 14.0 Å². The van der Waals surface area contributed by atoms with E-state index in [-0.39, 0.29) is 23.4 Å². The molecule has 1 aromatic carbocycles. The molecule has 1 saturated heterocycles. The van der Waals surface area contributed by atoms with Gasteiger partial charge in [-0.1, -0.05) is 6.07 Å². The van der Waals surface area contributed by atoms with Gasteiger partial charge in [0.2, 0.25) is 0 Å². The lowest BCUT2D eigenvalue weighted by Gasteiger charge is -2.29. The lowest BCUT2D eigenvalue weighted by atomic mass is 10.1. The Bertz CT molecular complexity index is 1070. The van der Waals surface area contributed by atoms with Crippen molar-refractivity contribution in [3.05, 3.63) is 77.6 Å². The fraction of sp³-hybridized carbons (Fsp3) is 0.227. The van der Waals surface area contributed by atoms with E-state index in [1.165, 1.54) is 30.7 Å². The van der Waals surface area contributed by atoms with Gasteiger partial charge < -0.3 is 24.7 Å². The minimum Gasteiger partial charge on any atom is -0.472 e. The molecule has 0 spiro atoms. The predicted octanol–water partition coefficient (Wildman–Crippen LogP) is 2.83. The molecule has 0 atom stereocenters. The number of hydrogen-bond acceptors (Lipinski definition) is 6. The largest absolute Gasteiger partial charge is 0.472 e. The van der Waals surface area contributed by atoms with Crippen molar-refractivity contribution in [1.82, 2.24) is 10.3 Å². The number of anilines is 2. The second-order valence-corrected chi connectivity index (χ2v) is 6.92. The molecule has 0 radical (unpaired) electrons. The van der Waals surface area contributed by atoms with Crippen LogP contribution in [0.4, 0.5) is 15.9 Å². The van der Waals surface area contributed by atoms with Crippen molar-refractivity contribution >= 4 is 23.3 Å². The van der Waals surface area contributed by atoms with E-state index < -0.39 is 17.6 Å². The zero-order valence-electron chi connectivity index (χ0n) is 16.6. The number of nitrogens with zero attached hydrogens (tertiary/aromatic N) is 2. The van der Waals surface area contributed by atoms with Crippen LogP contribution in [0.1, 0.15) is 26.3 Å². The van der Waals surface area contributed by atoms with Crippen molar-refractivity contribution in [2.24, 2.45) is 0 Å². The Kier molecular flexibility index (Phi) is 6.23. The standard InChI is InChI=1S/C22H21FN4O4/c23-17-3-4-18(19(12-17)26-21(28)16-5-9-31-14-16)22(29)25-13-15-2-1-6-24-20(15)27-7-10-30-11-8-27/h1-6,9,12,14H,7-8,10-11,13H2,(H,25,29)(H,26,28). The van der Waals surface area contributed by atoms with Gasteiger partial charge in [0.1, 0.15) is 17.9 Å². The minimum absolute atomic E-state index is 0.0725. The zero-order chi connectivity index (χ0) is 21.6. The molecular weight excluding hydrogens is 403 g/mol. The molecule has 0 unspecified atom stereocenters. The average molecular weight is 424 g/mol. The Morgan fingerprint density at radius 3 is 2.74 bits per heavy atom. The number of nitrogens with one attached hydrogen (secondary N) is 2. The van der Waals surface area contributed by atoms with Gasteiger partial charge in [0.05, 0.1) is 36.3 Å². The number of ether oxygens (including phenoxy) is 1. The second kappa shape index (κ2) is 9.40. The molecule has 9 heteroatoms. The maximum atomic E-state index is 13.8. The lowest BCUT2D eigenvalue weighted by Crippen LogP contribution is -2.37. The van der Waals surface area contributed by atoms with Crippen LogP contribution in [-0.2, 0) is 11.3 Å². The number of benzene rings is 1. The molecule has 1 aliphatic heterocycles. The highest BCUT2D eigenvalue weighted by molar-refractivity contribution is 6.08. The first-order chi connectivity index (χ1) is 15.1. The molecule has 2 N–H and O–H groups in total. The van der Waals surface area contributed by atoms with E-state index in [1.54, 1.807) is 12.3 Å². The zero-order valence-corrected chi connectivity index (χ0v) is 16.6. The fourth-order valence-electron chi connectivity index (χ4n) is 3.30. The molecule has 0 aliphatic carbocycles. The number of rotatable bonds is 6. The minimum atomic E-state index is -0.569. The maximum absolute atomic E-state index is 13.8. The fourth-order valence-corrected chi connectivity index (χ4v) is 3.30. The average Bonchev–Trinajstić information content (AvgIpc) is 3.34. The third-order valence-corrected chi connectivity index (χ3v) is 4.88. The number of halogens is 1. The summed E-state index contributed by atoms with van der Waals surface area (Å²) in [4.78, 5) is 31.7. The quantitative estimate of drug-likeness (QED) is 0.632. The highest BCUT2D eigenvalue weighted by atomic mass is 19.1. The Morgan fingerprint density at radius 1 is 1.13 bits per heavy atom.